The Hall–Kier alpha value is -1.40. The van der Waals surface area contributed by atoms with Crippen LogP contribution in [0.2, 0.25) is 0 Å². The molecule has 0 bridgehead atoms. The highest BCUT2D eigenvalue weighted by Gasteiger charge is 2.27. The number of aromatic nitrogens is 1. The van der Waals surface area contributed by atoms with Gasteiger partial charge in [-0.15, -0.1) is 0 Å². The lowest BCUT2D eigenvalue weighted by atomic mass is 10.2. The molecule has 0 spiro atoms. The monoisotopic (exact) mass is 440 g/mol. The van der Waals surface area contributed by atoms with Crippen LogP contribution < -0.4 is 4.90 Å². The van der Waals surface area contributed by atoms with E-state index in [1.54, 1.807) is 6.20 Å². The number of anilines is 2. The van der Waals surface area contributed by atoms with Gasteiger partial charge < -0.3 is 4.74 Å². The fourth-order valence-corrected chi connectivity index (χ4v) is 3.15. The Morgan fingerprint density at radius 3 is 2.43 bits per heavy atom. The highest BCUT2D eigenvalue weighted by atomic mass is 79.9. The summed E-state index contributed by atoms with van der Waals surface area (Å²) in [4.78, 5) is 18.5. The van der Waals surface area contributed by atoms with Crippen molar-refractivity contribution in [2.24, 2.45) is 0 Å². The standard InChI is InChI=1S/C17H18Br2N2O2/c1-11-7-8-20-15(9-11)21(16(22)23-17(2,3)4)14-6-5-12(18)10-13(14)19/h5-10H,1-4H3. The summed E-state index contributed by atoms with van der Waals surface area (Å²) in [5.74, 6) is 0.516. The quantitative estimate of drug-likeness (QED) is 0.574. The van der Waals surface area contributed by atoms with E-state index < -0.39 is 11.7 Å². The third-order valence-corrected chi connectivity index (χ3v) is 3.99. The van der Waals surface area contributed by atoms with Gasteiger partial charge in [0.15, 0.2) is 0 Å². The Kier molecular flexibility index (Phi) is 5.47. The first-order chi connectivity index (χ1) is 10.7. The van der Waals surface area contributed by atoms with Crippen molar-refractivity contribution in [3.8, 4) is 0 Å². The van der Waals surface area contributed by atoms with Crippen LogP contribution in [-0.2, 0) is 4.74 Å². The summed E-state index contributed by atoms with van der Waals surface area (Å²) in [5.41, 5.74) is 1.08. The Morgan fingerprint density at radius 2 is 1.87 bits per heavy atom. The summed E-state index contributed by atoms with van der Waals surface area (Å²) in [6.07, 6.45) is 1.20. The van der Waals surface area contributed by atoms with E-state index in [0.717, 1.165) is 14.5 Å². The van der Waals surface area contributed by atoms with Crippen molar-refractivity contribution in [2.45, 2.75) is 33.3 Å². The van der Waals surface area contributed by atoms with Gasteiger partial charge in [0.1, 0.15) is 11.4 Å². The number of ether oxygens (including phenoxy) is 1. The molecule has 0 atom stereocenters. The number of carbonyl (C=O) groups excluding carboxylic acids is 1. The number of amides is 1. The Labute approximate surface area is 153 Å². The number of aryl methyl sites for hydroxylation is 1. The summed E-state index contributed by atoms with van der Waals surface area (Å²) in [6, 6.07) is 9.31. The summed E-state index contributed by atoms with van der Waals surface area (Å²) in [5, 5.41) is 0. The van der Waals surface area contributed by atoms with Gasteiger partial charge in [0.05, 0.1) is 5.69 Å². The van der Waals surface area contributed by atoms with E-state index in [-0.39, 0.29) is 0 Å². The molecule has 0 aliphatic carbocycles. The number of halogens is 2. The number of hydrogen-bond acceptors (Lipinski definition) is 3. The van der Waals surface area contributed by atoms with Crippen LogP contribution in [0.3, 0.4) is 0 Å². The molecule has 0 saturated carbocycles. The first-order valence-corrected chi connectivity index (χ1v) is 8.67. The molecule has 4 nitrogen and oxygen atoms in total. The molecular weight excluding hydrogens is 424 g/mol. The van der Waals surface area contributed by atoms with Gasteiger partial charge in [0.2, 0.25) is 0 Å². The van der Waals surface area contributed by atoms with Gasteiger partial charge in [0, 0.05) is 15.1 Å². The number of hydrogen-bond donors (Lipinski definition) is 0. The number of rotatable bonds is 2. The highest BCUT2D eigenvalue weighted by Crippen LogP contribution is 2.34. The Bertz CT molecular complexity index is 727. The summed E-state index contributed by atoms with van der Waals surface area (Å²) in [7, 11) is 0. The first-order valence-electron chi connectivity index (χ1n) is 7.08. The van der Waals surface area contributed by atoms with Crippen molar-refractivity contribution in [3.05, 3.63) is 51.0 Å². The number of carbonyl (C=O) groups is 1. The van der Waals surface area contributed by atoms with E-state index in [1.165, 1.54) is 4.90 Å². The predicted molar refractivity (Wildman–Crippen MR) is 99.2 cm³/mol. The van der Waals surface area contributed by atoms with Crippen LogP contribution >= 0.6 is 31.9 Å². The minimum absolute atomic E-state index is 0.473. The zero-order valence-corrected chi connectivity index (χ0v) is 16.6. The lowest BCUT2D eigenvalue weighted by Gasteiger charge is -2.27. The first kappa shape index (κ1) is 17.9. The molecule has 1 amide bonds. The van der Waals surface area contributed by atoms with E-state index >= 15 is 0 Å². The van der Waals surface area contributed by atoms with Crippen LogP contribution in [0, 0.1) is 6.92 Å². The fraction of sp³-hybridized carbons (Fsp3) is 0.294. The smallest absolute Gasteiger partial charge is 0.420 e. The molecule has 0 aliphatic rings. The van der Waals surface area contributed by atoms with Crippen LogP contribution in [-0.4, -0.2) is 16.7 Å². The highest BCUT2D eigenvalue weighted by molar-refractivity contribution is 9.11. The number of pyridine rings is 1. The molecule has 1 aromatic heterocycles. The van der Waals surface area contributed by atoms with Gasteiger partial charge in [0.25, 0.3) is 0 Å². The lowest BCUT2D eigenvalue weighted by molar-refractivity contribution is 0.0598. The van der Waals surface area contributed by atoms with Gasteiger partial charge in [-0.3, -0.25) is 0 Å². The van der Waals surface area contributed by atoms with Crippen LogP contribution in [0.15, 0.2) is 45.5 Å². The molecule has 6 heteroatoms. The largest absolute Gasteiger partial charge is 0.443 e. The number of nitrogens with zero attached hydrogens (tertiary/aromatic N) is 2. The molecule has 2 aromatic rings. The minimum Gasteiger partial charge on any atom is -0.443 e. The van der Waals surface area contributed by atoms with Crippen LogP contribution in [0.25, 0.3) is 0 Å². The molecular formula is C17H18Br2N2O2. The topological polar surface area (TPSA) is 42.4 Å². The van der Waals surface area contributed by atoms with Gasteiger partial charge in [-0.25, -0.2) is 14.7 Å². The van der Waals surface area contributed by atoms with E-state index in [9.17, 15) is 4.79 Å². The maximum Gasteiger partial charge on any atom is 0.420 e. The van der Waals surface area contributed by atoms with Crippen molar-refractivity contribution < 1.29 is 9.53 Å². The van der Waals surface area contributed by atoms with E-state index in [1.807, 2.05) is 58.0 Å². The third-order valence-electron chi connectivity index (χ3n) is 2.86. The molecule has 1 heterocycles. The van der Waals surface area contributed by atoms with Crippen LogP contribution in [0.4, 0.5) is 16.3 Å². The number of benzene rings is 1. The average Bonchev–Trinajstić information content (AvgIpc) is 2.39. The van der Waals surface area contributed by atoms with Gasteiger partial charge >= 0.3 is 6.09 Å². The SMILES string of the molecule is Cc1ccnc(N(C(=O)OC(C)(C)C)c2ccc(Br)cc2Br)c1. The van der Waals surface area contributed by atoms with E-state index in [2.05, 4.69) is 36.8 Å². The zero-order chi connectivity index (χ0) is 17.2. The predicted octanol–water partition coefficient (Wildman–Crippen LogP) is 5.99. The van der Waals surface area contributed by atoms with Gasteiger partial charge in [-0.1, -0.05) is 15.9 Å². The minimum atomic E-state index is -0.596. The molecule has 0 unspecified atom stereocenters. The second-order valence-electron chi connectivity index (χ2n) is 6.10. The zero-order valence-electron chi connectivity index (χ0n) is 13.4. The van der Waals surface area contributed by atoms with E-state index in [0.29, 0.717) is 11.5 Å². The van der Waals surface area contributed by atoms with Crippen molar-refractivity contribution >= 4 is 49.5 Å². The second-order valence-corrected chi connectivity index (χ2v) is 7.87. The third kappa shape index (κ3) is 4.78. The molecule has 0 radical (unpaired) electrons. The van der Waals surface area contributed by atoms with E-state index in [4.69, 9.17) is 4.74 Å². The summed E-state index contributed by atoms with van der Waals surface area (Å²) >= 11 is 6.92. The van der Waals surface area contributed by atoms with Gasteiger partial charge in [-0.2, -0.15) is 0 Å². The Balaban J connectivity index is 2.53. The molecule has 23 heavy (non-hydrogen) atoms. The summed E-state index contributed by atoms with van der Waals surface area (Å²) < 4.78 is 7.22. The van der Waals surface area contributed by atoms with Crippen LogP contribution in [0.5, 0.6) is 0 Å². The lowest BCUT2D eigenvalue weighted by Crippen LogP contribution is -2.34. The molecule has 122 valence electrons. The fourth-order valence-electron chi connectivity index (χ4n) is 1.93. The van der Waals surface area contributed by atoms with Crippen molar-refractivity contribution in [1.29, 1.82) is 0 Å². The second kappa shape index (κ2) is 7.01. The molecule has 0 aliphatic heterocycles. The summed E-state index contributed by atoms with van der Waals surface area (Å²) in [6.45, 7) is 7.46. The molecule has 0 saturated heterocycles. The maximum atomic E-state index is 12.7. The van der Waals surface area contributed by atoms with Crippen LogP contribution in [0.1, 0.15) is 26.3 Å². The Morgan fingerprint density at radius 1 is 1.17 bits per heavy atom. The maximum absolute atomic E-state index is 12.7. The molecule has 0 fully saturated rings. The van der Waals surface area contributed by atoms with Gasteiger partial charge in [-0.05, 0) is 79.5 Å². The molecule has 0 N–H and O–H groups in total. The van der Waals surface area contributed by atoms with Crippen molar-refractivity contribution in [3.63, 3.8) is 0 Å². The molecule has 1 aromatic carbocycles. The normalized spacial score (nSPS) is 11.2. The van der Waals surface area contributed by atoms with Crippen molar-refractivity contribution in [1.82, 2.24) is 4.98 Å². The average molecular weight is 442 g/mol. The molecule has 2 rings (SSSR count). The van der Waals surface area contributed by atoms with Crippen molar-refractivity contribution in [2.75, 3.05) is 4.90 Å².